The van der Waals surface area contributed by atoms with E-state index in [0.29, 0.717) is 11.3 Å². The van der Waals surface area contributed by atoms with E-state index >= 15 is 0 Å². The lowest BCUT2D eigenvalue weighted by atomic mass is 10.2. The zero-order chi connectivity index (χ0) is 16.7. The fourth-order valence-electron chi connectivity index (χ4n) is 1.62. The highest BCUT2D eigenvalue weighted by atomic mass is 19.1. The van der Waals surface area contributed by atoms with E-state index in [0.717, 1.165) is 0 Å². The first-order valence-electron chi connectivity index (χ1n) is 6.76. The molecule has 0 saturated heterocycles. The second kappa shape index (κ2) is 7.92. The van der Waals surface area contributed by atoms with Crippen molar-refractivity contribution < 1.29 is 28.0 Å². The molecule has 1 aromatic carbocycles. The minimum Gasteiger partial charge on any atom is -0.463 e. The predicted molar refractivity (Wildman–Crippen MR) is 75.9 cm³/mol. The summed E-state index contributed by atoms with van der Waals surface area (Å²) in [7, 11) is 0. The highest BCUT2D eigenvalue weighted by Crippen LogP contribution is 2.09. The molecule has 0 unspecified atom stereocenters. The van der Waals surface area contributed by atoms with E-state index in [1.54, 1.807) is 25.1 Å². The Labute approximate surface area is 131 Å². The molecule has 1 aromatic heterocycles. The number of aromatic nitrogens is 1. The topological polar surface area (TPSA) is 90.7 Å². The summed E-state index contributed by atoms with van der Waals surface area (Å²) in [5.41, 5.74) is 0.344. The number of esters is 1. The largest absolute Gasteiger partial charge is 0.463 e. The third-order valence-corrected chi connectivity index (χ3v) is 2.74. The average Bonchev–Trinajstić information content (AvgIpc) is 2.95. The lowest BCUT2D eigenvalue weighted by Crippen LogP contribution is -2.29. The molecule has 1 amide bonds. The van der Waals surface area contributed by atoms with Gasteiger partial charge in [-0.25, -0.2) is 9.18 Å². The molecule has 1 heterocycles. The quantitative estimate of drug-likeness (QED) is 0.774. The molecule has 0 aliphatic heterocycles. The fraction of sp³-hybridized carbons (Fsp3) is 0.267. The molecule has 122 valence electrons. The SMILES string of the molecule is Cc1cc(OCC(=O)OCC(=O)NCc2ccccc2F)no1. The van der Waals surface area contributed by atoms with Crippen LogP contribution in [0.3, 0.4) is 0 Å². The number of hydrogen-bond acceptors (Lipinski definition) is 6. The molecule has 0 radical (unpaired) electrons. The molecule has 1 N–H and O–H groups in total. The summed E-state index contributed by atoms with van der Waals surface area (Å²) in [4.78, 5) is 22.9. The number of hydrogen-bond donors (Lipinski definition) is 1. The fourth-order valence-corrected chi connectivity index (χ4v) is 1.62. The number of halogens is 1. The van der Waals surface area contributed by atoms with Gasteiger partial charge in [-0.3, -0.25) is 4.79 Å². The number of aryl methyl sites for hydroxylation is 1. The van der Waals surface area contributed by atoms with Crippen LogP contribution in [0.2, 0.25) is 0 Å². The zero-order valence-electron chi connectivity index (χ0n) is 12.4. The van der Waals surface area contributed by atoms with Gasteiger partial charge in [-0.1, -0.05) is 18.2 Å². The molecule has 0 aliphatic carbocycles. The molecule has 0 aliphatic rings. The second-order valence-electron chi connectivity index (χ2n) is 4.59. The summed E-state index contributed by atoms with van der Waals surface area (Å²) < 4.78 is 27.8. The van der Waals surface area contributed by atoms with Crippen LogP contribution in [0.15, 0.2) is 34.9 Å². The Morgan fingerprint density at radius 1 is 1.30 bits per heavy atom. The third-order valence-electron chi connectivity index (χ3n) is 2.74. The average molecular weight is 322 g/mol. The number of amides is 1. The molecule has 2 rings (SSSR count). The van der Waals surface area contributed by atoms with Crippen molar-refractivity contribution in [3.8, 4) is 5.88 Å². The van der Waals surface area contributed by atoms with Gasteiger partial charge in [0, 0.05) is 18.2 Å². The van der Waals surface area contributed by atoms with Crippen LogP contribution in [0.4, 0.5) is 4.39 Å². The van der Waals surface area contributed by atoms with Crippen molar-refractivity contribution in [1.82, 2.24) is 10.5 Å². The van der Waals surface area contributed by atoms with Crippen molar-refractivity contribution in [1.29, 1.82) is 0 Å². The van der Waals surface area contributed by atoms with Gasteiger partial charge in [0.25, 0.3) is 11.8 Å². The van der Waals surface area contributed by atoms with Gasteiger partial charge in [-0.2, -0.15) is 0 Å². The molecular formula is C15H15FN2O5. The third kappa shape index (κ3) is 5.42. The second-order valence-corrected chi connectivity index (χ2v) is 4.59. The van der Waals surface area contributed by atoms with Crippen LogP contribution in [0, 0.1) is 12.7 Å². The van der Waals surface area contributed by atoms with E-state index in [9.17, 15) is 14.0 Å². The minimum atomic E-state index is -0.730. The number of rotatable bonds is 7. The van der Waals surface area contributed by atoms with Crippen LogP contribution in [-0.2, 0) is 20.9 Å². The van der Waals surface area contributed by atoms with Crippen molar-refractivity contribution in [2.45, 2.75) is 13.5 Å². The summed E-state index contributed by atoms with van der Waals surface area (Å²) in [6.07, 6.45) is 0. The monoisotopic (exact) mass is 322 g/mol. The first-order chi connectivity index (χ1) is 11.0. The van der Waals surface area contributed by atoms with Gasteiger partial charge in [-0.05, 0) is 18.1 Å². The van der Waals surface area contributed by atoms with Gasteiger partial charge in [-0.15, -0.1) is 0 Å². The summed E-state index contributed by atoms with van der Waals surface area (Å²) in [5, 5.41) is 5.98. The van der Waals surface area contributed by atoms with Gasteiger partial charge < -0.3 is 19.3 Å². The van der Waals surface area contributed by atoms with Gasteiger partial charge in [0.2, 0.25) is 0 Å². The van der Waals surface area contributed by atoms with E-state index in [1.165, 1.54) is 12.1 Å². The minimum absolute atomic E-state index is 0.0117. The van der Waals surface area contributed by atoms with E-state index in [4.69, 9.17) is 14.0 Å². The number of benzene rings is 1. The summed E-state index contributed by atoms with van der Waals surface area (Å²) in [5.74, 6) is -0.990. The van der Waals surface area contributed by atoms with Crippen LogP contribution in [0.25, 0.3) is 0 Å². The molecule has 0 saturated carbocycles. The van der Waals surface area contributed by atoms with Gasteiger partial charge >= 0.3 is 5.97 Å². The first-order valence-corrected chi connectivity index (χ1v) is 6.76. The van der Waals surface area contributed by atoms with Gasteiger partial charge in [0.1, 0.15) is 11.6 Å². The molecular weight excluding hydrogens is 307 g/mol. The molecule has 2 aromatic rings. The van der Waals surface area contributed by atoms with E-state index in [-0.39, 0.29) is 12.4 Å². The number of nitrogens with one attached hydrogen (secondary N) is 1. The highest BCUT2D eigenvalue weighted by molar-refractivity contribution is 5.80. The van der Waals surface area contributed by atoms with E-state index in [2.05, 4.69) is 10.5 Å². The molecule has 7 nitrogen and oxygen atoms in total. The Morgan fingerprint density at radius 3 is 2.78 bits per heavy atom. The standard InChI is InChI=1S/C15H15FN2O5/c1-10-6-14(18-23-10)21-9-15(20)22-8-13(19)17-7-11-4-2-3-5-12(11)16/h2-6H,7-9H2,1H3,(H,17,19). The Balaban J connectivity index is 1.65. The highest BCUT2D eigenvalue weighted by Gasteiger charge is 2.10. The van der Waals surface area contributed by atoms with Crippen molar-refractivity contribution >= 4 is 11.9 Å². The van der Waals surface area contributed by atoms with Gasteiger partial charge in [0.05, 0.1) is 0 Å². The Bertz CT molecular complexity index is 686. The van der Waals surface area contributed by atoms with Crippen LogP contribution in [-0.4, -0.2) is 30.2 Å². The maximum Gasteiger partial charge on any atom is 0.344 e. The lowest BCUT2D eigenvalue weighted by molar-refractivity contribution is -0.150. The number of carbonyl (C=O) groups is 2. The van der Waals surface area contributed by atoms with Crippen molar-refractivity contribution in [2.75, 3.05) is 13.2 Å². The molecule has 0 fully saturated rings. The van der Waals surface area contributed by atoms with E-state index < -0.39 is 30.9 Å². The molecule has 23 heavy (non-hydrogen) atoms. The molecule has 0 atom stereocenters. The zero-order valence-corrected chi connectivity index (χ0v) is 12.4. The Hall–Kier alpha value is -2.90. The normalized spacial score (nSPS) is 10.2. The Morgan fingerprint density at radius 2 is 2.09 bits per heavy atom. The van der Waals surface area contributed by atoms with Gasteiger partial charge in [0.15, 0.2) is 13.2 Å². The lowest BCUT2D eigenvalue weighted by Gasteiger charge is -2.07. The van der Waals surface area contributed by atoms with Crippen LogP contribution in [0.5, 0.6) is 5.88 Å². The summed E-state index contributed by atoms with van der Waals surface area (Å²) >= 11 is 0. The smallest absolute Gasteiger partial charge is 0.344 e. The summed E-state index contributed by atoms with van der Waals surface area (Å²) in [6.45, 7) is 0.816. The Kier molecular flexibility index (Phi) is 5.67. The van der Waals surface area contributed by atoms with E-state index in [1.807, 2.05) is 0 Å². The first kappa shape index (κ1) is 16.5. The molecule has 8 heteroatoms. The van der Waals surface area contributed by atoms with Crippen molar-refractivity contribution in [3.05, 3.63) is 47.5 Å². The molecule has 0 spiro atoms. The van der Waals surface area contributed by atoms with Crippen LogP contribution >= 0.6 is 0 Å². The number of ether oxygens (including phenoxy) is 2. The van der Waals surface area contributed by atoms with Crippen LogP contribution < -0.4 is 10.1 Å². The molecule has 0 bridgehead atoms. The number of nitrogens with zero attached hydrogens (tertiary/aromatic N) is 1. The van der Waals surface area contributed by atoms with Crippen LogP contribution in [0.1, 0.15) is 11.3 Å². The maximum absolute atomic E-state index is 13.4. The summed E-state index contributed by atoms with van der Waals surface area (Å²) in [6, 6.07) is 7.57. The van der Waals surface area contributed by atoms with Crippen molar-refractivity contribution in [2.24, 2.45) is 0 Å². The maximum atomic E-state index is 13.4. The van der Waals surface area contributed by atoms with Crippen molar-refractivity contribution in [3.63, 3.8) is 0 Å². The predicted octanol–water partition coefficient (Wildman–Crippen LogP) is 1.36. The number of carbonyl (C=O) groups excluding carboxylic acids is 2.